The third-order valence-corrected chi connectivity index (χ3v) is 16.1. The molecule has 1 unspecified atom stereocenters. The fourth-order valence-corrected chi connectivity index (χ4v) is 9.47. The van der Waals surface area contributed by atoms with Gasteiger partial charge in [-0.05, 0) is 116 Å². The molecule has 3 heterocycles. The molecule has 6 N–H and O–H groups in total. The molecule has 3 aromatic rings. The molecule has 0 radical (unpaired) electrons. The standard InChI is InChI=1S/C16H20N2O2.C12H14N2O3.C12H16N2O.C6H11NO4.C5H9NO4.C4H7BrO2.C4H5ClO.C4H7NO4.2CH4.HNO2.Na/c1-16(2)13(18-14(19)11-8-9-11)12(17-15(16)20)10-6-4-3-5-7-10;1-12(2)10(14(16)17)9(13-11(12)15)8-6-4-3-5-7-8;1-12(2)10(13)9(14-11(12)15)8-6-4-3-5-7-8;1-6(2,4-7(9)10)5(8)11-3;1-4(3-6(8)9)5(7)10-2;1-7-4(6)2-3-5;5-4(6)3-1-2-3;1-9-4(6)2-3-5(7)8;;;2-1-3;/h3-7,11-13H,8-9H2,1-2H3,(H,17,20)(H,18,19);3-7,9-10H,1-2H3,(H,13,15);3-7,9-10H,13H2,1-2H3,(H,14,15);4H2,1-3H3;4H,3H2,1-2H3;2-3H2,1H3;3H,1-2H2;2-3H2,1H3;2*1H4;(H,2,3);/q;;;;;;;;;;;+1/p-1/t12-,13-;2*9-,10-;;;;;;;;;/m111........./s1. The van der Waals surface area contributed by atoms with Crippen LogP contribution in [-0.2, 0) is 62.1 Å². The van der Waals surface area contributed by atoms with Crippen LogP contribution < -0.4 is 56.6 Å². The molecule has 3 aromatic carbocycles. The van der Waals surface area contributed by atoms with E-state index in [-0.39, 0.29) is 140 Å². The van der Waals surface area contributed by atoms with E-state index in [1.54, 1.807) is 26.0 Å². The Kier molecular flexibility index (Phi) is 47.7. The molecule has 33 nitrogen and oxygen atoms in total. The number of nitro groups is 4. The van der Waals surface area contributed by atoms with Gasteiger partial charge in [0.05, 0.1) is 63.8 Å². The van der Waals surface area contributed by atoms with E-state index in [9.17, 15) is 83.6 Å². The van der Waals surface area contributed by atoms with Gasteiger partial charge in [-0.2, -0.15) is 0 Å². The van der Waals surface area contributed by atoms with E-state index < -0.39 is 78.9 Å². The van der Waals surface area contributed by atoms with E-state index in [0.29, 0.717) is 11.8 Å². The van der Waals surface area contributed by atoms with Gasteiger partial charge in [0.15, 0.2) is 0 Å². The van der Waals surface area contributed by atoms with Crippen molar-refractivity contribution in [2.75, 3.05) is 53.4 Å². The maximum Gasteiger partial charge on any atom is 1.00 e. The van der Waals surface area contributed by atoms with Gasteiger partial charge < -0.3 is 56.1 Å². The summed E-state index contributed by atoms with van der Waals surface area (Å²) in [5, 5.41) is 61.9. The minimum Gasteiger partial charge on any atom is -0.469 e. The Balaban J connectivity index is -0.000000541. The summed E-state index contributed by atoms with van der Waals surface area (Å²) in [7, 11) is 5.00. The van der Waals surface area contributed by atoms with Gasteiger partial charge in [-0.3, -0.25) is 83.6 Å². The second-order valence-electron chi connectivity index (χ2n) is 24.6. The third-order valence-electron chi connectivity index (χ3n) is 15.4. The number of nitrogens with two attached hydrogens (primary N) is 1. The number of hydrogen-bond donors (Lipinski definition) is 5. The largest absolute Gasteiger partial charge is 1.00 e. The number of benzene rings is 3. The van der Waals surface area contributed by atoms with E-state index in [1.165, 1.54) is 49.2 Å². The number of nitrogens with one attached hydrogen (secondary N) is 4. The summed E-state index contributed by atoms with van der Waals surface area (Å²) in [5.41, 5.74) is 5.89. The summed E-state index contributed by atoms with van der Waals surface area (Å²) in [6, 6.07) is 26.7. The number of methoxy groups -OCH3 is 4. The molecule has 0 spiro atoms. The van der Waals surface area contributed by atoms with E-state index >= 15 is 0 Å². The van der Waals surface area contributed by atoms with Crippen LogP contribution in [0.5, 0.6) is 0 Å². The number of amides is 4. The van der Waals surface area contributed by atoms with Crippen molar-refractivity contribution < 1.29 is 111 Å². The van der Waals surface area contributed by atoms with E-state index in [0.717, 1.165) is 47.7 Å². The monoisotopic (exact) mass is 1520 g/mol. The van der Waals surface area contributed by atoms with Crippen molar-refractivity contribution in [3.63, 3.8) is 0 Å². The molecular formula is C65H97BrClN10NaO23. The third kappa shape index (κ3) is 35.3. The molecule has 560 valence electrons. The topological polar surface area (TPSA) is 490 Å². The van der Waals surface area contributed by atoms with Crippen LogP contribution in [-0.4, -0.2) is 144 Å². The first kappa shape index (κ1) is 99.2. The number of carbonyl (C=O) groups is 9. The van der Waals surface area contributed by atoms with Crippen LogP contribution >= 0.6 is 27.5 Å². The molecular weight excluding hydrogens is 1430 g/mol. The molecule has 8 rings (SSSR count). The van der Waals surface area contributed by atoms with Crippen LogP contribution in [0.2, 0.25) is 0 Å². The smallest absolute Gasteiger partial charge is 0.469 e. The normalized spacial score (nSPS) is 19.4. The van der Waals surface area contributed by atoms with Crippen LogP contribution in [0.25, 0.3) is 0 Å². The first-order chi connectivity index (χ1) is 45.6. The summed E-state index contributed by atoms with van der Waals surface area (Å²) < 4.78 is 17.1. The minimum absolute atomic E-state index is 0. The molecule has 36 heteroatoms. The Labute approximate surface area is 623 Å². The zero-order valence-electron chi connectivity index (χ0n) is 57.9. The Morgan fingerprint density at radius 1 is 0.634 bits per heavy atom. The predicted molar refractivity (Wildman–Crippen MR) is 373 cm³/mol. The SMILES string of the molecule is C.C.CC1(C)C(=O)N[C@H](c2ccccc2)[C@H]1N.CC1(C)C(=O)N[C@H](c2ccccc2)[C@H]1NC(=O)C1CC1.CC1(C)C(=O)N[C@H](c2ccccc2)[C@H]1[N+](=O)[O-].COC(=O)C(C)(C)C[N+](=O)[O-].COC(=O)C(C)C[N+](=O)[O-].COC(=O)CCBr.COC(=O)CC[N+](=O)[O-].O=C(Cl)C1CC1.O=N[O-].[Na+]. The predicted octanol–water partition coefficient (Wildman–Crippen LogP) is 5.51. The van der Waals surface area contributed by atoms with Crippen LogP contribution in [0.15, 0.2) is 96.3 Å². The molecule has 2 aliphatic carbocycles. The van der Waals surface area contributed by atoms with Gasteiger partial charge in [0.2, 0.25) is 48.5 Å². The molecule has 7 atom stereocenters. The number of halogens is 2. The maximum absolute atomic E-state index is 12.2. The van der Waals surface area contributed by atoms with Crippen LogP contribution in [0.3, 0.4) is 0 Å². The number of ether oxygens (including phenoxy) is 4. The molecule has 3 aliphatic heterocycles. The van der Waals surface area contributed by atoms with Crippen molar-refractivity contribution in [2.45, 2.75) is 152 Å². The minimum atomic E-state index is -1.03. The Morgan fingerprint density at radius 3 is 1.34 bits per heavy atom. The van der Waals surface area contributed by atoms with Crippen LogP contribution in [0.1, 0.15) is 151 Å². The summed E-state index contributed by atoms with van der Waals surface area (Å²) in [5.74, 6) is -2.26. The number of rotatable bonds is 18. The van der Waals surface area contributed by atoms with Crippen molar-refractivity contribution in [3.8, 4) is 0 Å². The van der Waals surface area contributed by atoms with Crippen molar-refractivity contribution in [1.82, 2.24) is 21.3 Å². The van der Waals surface area contributed by atoms with Gasteiger partial charge in [-0.15, -0.1) is 5.34 Å². The van der Waals surface area contributed by atoms with Crippen LogP contribution in [0.4, 0.5) is 0 Å². The molecule has 0 bridgehead atoms. The number of alkyl halides is 1. The quantitative estimate of drug-likeness (QED) is 0.0153. The zero-order valence-corrected chi connectivity index (χ0v) is 62.2. The molecule has 2 saturated carbocycles. The number of carbonyl (C=O) groups excluding carboxylic acids is 9. The Morgan fingerprint density at radius 2 is 1.02 bits per heavy atom. The fraction of sp³-hybridized carbons (Fsp3) is 0.585. The van der Waals surface area contributed by atoms with Gasteiger partial charge in [-0.25, -0.2) is 0 Å². The van der Waals surface area contributed by atoms with Gasteiger partial charge in [0.25, 0.3) is 6.04 Å². The second kappa shape index (κ2) is 48.6. The number of nitrogens with zero attached hydrogens (tertiary/aromatic N) is 5. The summed E-state index contributed by atoms with van der Waals surface area (Å²) in [4.78, 5) is 146. The van der Waals surface area contributed by atoms with Crippen LogP contribution in [0, 0.1) is 90.0 Å². The van der Waals surface area contributed by atoms with Crippen molar-refractivity contribution in [1.29, 1.82) is 0 Å². The molecule has 5 aliphatic rings. The van der Waals surface area contributed by atoms with Crippen molar-refractivity contribution in [2.24, 2.45) is 50.5 Å². The van der Waals surface area contributed by atoms with Gasteiger partial charge in [0.1, 0.15) is 29.2 Å². The number of hydrogen-bond acceptors (Lipinski definition) is 25. The first-order valence-electron chi connectivity index (χ1n) is 30.3. The summed E-state index contributed by atoms with van der Waals surface area (Å²) in [6.45, 7) is 14.0. The van der Waals surface area contributed by atoms with Gasteiger partial charge in [-0.1, -0.05) is 122 Å². The molecule has 0 aromatic heterocycles. The zero-order chi connectivity index (χ0) is 75.5. The Bertz CT molecular complexity index is 3150. The van der Waals surface area contributed by atoms with E-state index in [2.05, 4.69) is 56.1 Å². The van der Waals surface area contributed by atoms with Crippen molar-refractivity contribution >= 4 is 80.3 Å². The summed E-state index contributed by atoms with van der Waals surface area (Å²) >= 11 is 8.13. The number of esters is 4. The van der Waals surface area contributed by atoms with E-state index in [1.807, 2.05) is 107 Å². The van der Waals surface area contributed by atoms with Gasteiger partial charge in [0, 0.05) is 42.9 Å². The average Bonchev–Trinajstić information content (AvgIpc) is 1.64. The van der Waals surface area contributed by atoms with E-state index in [4.69, 9.17) is 27.4 Å². The second-order valence-corrected chi connectivity index (χ2v) is 25.8. The molecule has 4 amide bonds. The Hall–Kier alpha value is -8.18. The molecule has 101 heavy (non-hydrogen) atoms. The van der Waals surface area contributed by atoms with Crippen molar-refractivity contribution in [3.05, 3.63) is 158 Å². The maximum atomic E-state index is 12.2. The fourth-order valence-electron chi connectivity index (χ4n) is 8.93. The molecule has 5 fully saturated rings. The first-order valence-corrected chi connectivity index (χ1v) is 31.8. The molecule has 3 saturated heterocycles. The average molecular weight is 1520 g/mol. The summed E-state index contributed by atoms with van der Waals surface area (Å²) in [6.07, 6.45) is 4.28. The van der Waals surface area contributed by atoms with Gasteiger partial charge >= 0.3 is 53.4 Å².